The number of halogens is 1. The maximum atomic E-state index is 5.44. The van der Waals surface area contributed by atoms with Crippen LogP contribution in [-0.4, -0.2) is 29.9 Å². The highest BCUT2D eigenvalue weighted by Gasteiger charge is 2.22. The van der Waals surface area contributed by atoms with E-state index in [0.29, 0.717) is 12.6 Å². The van der Waals surface area contributed by atoms with E-state index < -0.39 is 0 Å². The first kappa shape index (κ1) is 13.1. The van der Waals surface area contributed by atoms with Crippen molar-refractivity contribution in [1.29, 1.82) is 0 Å². The summed E-state index contributed by atoms with van der Waals surface area (Å²) in [4.78, 5) is 4.81. The third-order valence-corrected chi connectivity index (χ3v) is 4.08. The van der Waals surface area contributed by atoms with Crippen molar-refractivity contribution < 1.29 is 9.47 Å². The molecule has 1 aromatic heterocycles. The average Bonchev–Trinajstić information content (AvgIpc) is 2.78. The Kier molecular flexibility index (Phi) is 3.86. The Morgan fingerprint density at radius 3 is 2.95 bits per heavy atom. The van der Waals surface area contributed by atoms with E-state index in [4.69, 9.17) is 14.5 Å². The zero-order chi connectivity index (χ0) is 13.2. The number of benzene rings is 1. The number of fused-ring (bicyclic) bond motifs is 1. The predicted octanol–water partition coefficient (Wildman–Crippen LogP) is 3.30. The number of nitrogens with zero attached hydrogens (tertiary/aromatic N) is 2. The number of imidazole rings is 1. The van der Waals surface area contributed by atoms with Gasteiger partial charge in [-0.2, -0.15) is 0 Å². The van der Waals surface area contributed by atoms with E-state index in [0.717, 1.165) is 47.4 Å². The summed E-state index contributed by atoms with van der Waals surface area (Å²) in [5, 5.41) is 0. The number of ether oxygens (including phenoxy) is 2. The van der Waals surface area contributed by atoms with Gasteiger partial charge in [-0.15, -0.1) is 0 Å². The largest absolute Gasteiger partial charge is 0.381 e. The Balaban J connectivity index is 2.08. The lowest BCUT2D eigenvalue weighted by Crippen LogP contribution is -2.18. The lowest BCUT2D eigenvalue weighted by Gasteiger charge is -2.22. The van der Waals surface area contributed by atoms with Gasteiger partial charge in [-0.05, 0) is 31.0 Å². The summed E-state index contributed by atoms with van der Waals surface area (Å²) in [6, 6.07) is 6.20. The Morgan fingerprint density at radius 2 is 2.21 bits per heavy atom. The number of rotatable bonds is 3. The fourth-order valence-corrected chi connectivity index (χ4v) is 3.00. The summed E-state index contributed by atoms with van der Waals surface area (Å²) in [7, 11) is 1.72. The van der Waals surface area contributed by atoms with Gasteiger partial charge in [0.25, 0.3) is 0 Å². The van der Waals surface area contributed by atoms with Crippen molar-refractivity contribution in [2.24, 2.45) is 0 Å². The van der Waals surface area contributed by atoms with Gasteiger partial charge < -0.3 is 14.0 Å². The van der Waals surface area contributed by atoms with E-state index in [1.165, 1.54) is 0 Å². The van der Waals surface area contributed by atoms with Crippen molar-refractivity contribution in [3.05, 3.63) is 28.5 Å². The van der Waals surface area contributed by atoms with Gasteiger partial charge in [-0.25, -0.2) is 4.98 Å². The lowest BCUT2D eigenvalue weighted by atomic mass is 9.99. The Bertz CT molecular complexity index is 576. The van der Waals surface area contributed by atoms with Gasteiger partial charge in [0.2, 0.25) is 0 Å². The molecule has 4 nitrogen and oxygen atoms in total. The minimum absolute atomic E-state index is 0.468. The zero-order valence-corrected chi connectivity index (χ0v) is 12.5. The van der Waals surface area contributed by atoms with E-state index in [2.05, 4.69) is 32.6 Å². The number of methoxy groups -OCH3 is 1. The molecule has 0 N–H and O–H groups in total. The van der Waals surface area contributed by atoms with Crippen molar-refractivity contribution in [1.82, 2.24) is 9.55 Å². The second-order valence-electron chi connectivity index (χ2n) is 4.84. The molecule has 0 atom stereocenters. The zero-order valence-electron chi connectivity index (χ0n) is 10.9. The van der Waals surface area contributed by atoms with Crippen LogP contribution >= 0.6 is 15.9 Å². The molecule has 0 unspecified atom stereocenters. The molecule has 0 radical (unpaired) electrons. The molecule has 0 spiro atoms. The molecular formula is C14H17BrN2O2. The van der Waals surface area contributed by atoms with Crippen LogP contribution in [0.1, 0.15) is 24.6 Å². The standard InChI is InChI=1S/C14H17BrN2O2/c1-18-9-17-13-3-2-11(15)8-12(13)16-14(17)10-4-6-19-7-5-10/h2-3,8,10H,4-7,9H2,1H3. The highest BCUT2D eigenvalue weighted by Crippen LogP contribution is 2.30. The molecule has 1 aromatic carbocycles. The molecule has 0 bridgehead atoms. The molecule has 0 saturated carbocycles. The summed E-state index contributed by atoms with van der Waals surface area (Å²) in [5.41, 5.74) is 2.15. The molecule has 0 aliphatic carbocycles. The molecule has 19 heavy (non-hydrogen) atoms. The van der Waals surface area contributed by atoms with Crippen LogP contribution in [0.4, 0.5) is 0 Å². The molecule has 1 aliphatic heterocycles. The first-order valence-electron chi connectivity index (χ1n) is 6.52. The smallest absolute Gasteiger partial charge is 0.124 e. The van der Waals surface area contributed by atoms with E-state index in [1.807, 2.05) is 6.07 Å². The van der Waals surface area contributed by atoms with Crippen LogP contribution in [0.3, 0.4) is 0 Å². The number of hydrogen-bond donors (Lipinski definition) is 0. The van der Waals surface area contributed by atoms with Crippen molar-refractivity contribution >= 4 is 27.0 Å². The summed E-state index contributed by atoms with van der Waals surface area (Å²) >= 11 is 3.50. The lowest BCUT2D eigenvalue weighted by molar-refractivity contribution is 0.0788. The molecule has 1 fully saturated rings. The fourth-order valence-electron chi connectivity index (χ4n) is 2.65. The van der Waals surface area contributed by atoms with Crippen LogP contribution in [0.25, 0.3) is 11.0 Å². The van der Waals surface area contributed by atoms with Crippen molar-refractivity contribution in [3.8, 4) is 0 Å². The van der Waals surface area contributed by atoms with Gasteiger partial charge in [-0.3, -0.25) is 0 Å². The second-order valence-corrected chi connectivity index (χ2v) is 5.75. The first-order valence-corrected chi connectivity index (χ1v) is 7.31. The van der Waals surface area contributed by atoms with E-state index >= 15 is 0 Å². The molecule has 0 amide bonds. The topological polar surface area (TPSA) is 36.3 Å². The van der Waals surface area contributed by atoms with Gasteiger partial charge in [0, 0.05) is 30.7 Å². The van der Waals surface area contributed by atoms with E-state index in [1.54, 1.807) is 7.11 Å². The second kappa shape index (κ2) is 5.61. The molecule has 1 saturated heterocycles. The quantitative estimate of drug-likeness (QED) is 0.869. The Labute approximate surface area is 120 Å². The first-order chi connectivity index (χ1) is 9.29. The van der Waals surface area contributed by atoms with Gasteiger partial charge in [0.15, 0.2) is 0 Å². The highest BCUT2D eigenvalue weighted by molar-refractivity contribution is 9.10. The average molecular weight is 325 g/mol. The van der Waals surface area contributed by atoms with E-state index in [-0.39, 0.29) is 0 Å². The SMILES string of the molecule is COCn1c(C2CCOCC2)nc2cc(Br)ccc21. The van der Waals surface area contributed by atoms with Crippen molar-refractivity contribution in [2.45, 2.75) is 25.5 Å². The Morgan fingerprint density at radius 1 is 1.42 bits per heavy atom. The van der Waals surface area contributed by atoms with Crippen molar-refractivity contribution in [3.63, 3.8) is 0 Å². The number of aromatic nitrogens is 2. The van der Waals surface area contributed by atoms with Gasteiger partial charge >= 0.3 is 0 Å². The van der Waals surface area contributed by atoms with Gasteiger partial charge in [-0.1, -0.05) is 15.9 Å². The molecule has 2 heterocycles. The summed E-state index contributed by atoms with van der Waals surface area (Å²) in [5.74, 6) is 1.59. The Hall–Kier alpha value is -0.910. The molecule has 5 heteroatoms. The van der Waals surface area contributed by atoms with Crippen LogP contribution in [0.15, 0.2) is 22.7 Å². The molecule has 102 valence electrons. The van der Waals surface area contributed by atoms with Crippen LogP contribution in [-0.2, 0) is 16.2 Å². The predicted molar refractivity (Wildman–Crippen MR) is 77.2 cm³/mol. The van der Waals surface area contributed by atoms with Crippen LogP contribution in [0, 0.1) is 0 Å². The minimum atomic E-state index is 0.468. The third kappa shape index (κ3) is 2.55. The molecule has 2 aromatic rings. The van der Waals surface area contributed by atoms with E-state index in [9.17, 15) is 0 Å². The highest BCUT2D eigenvalue weighted by atomic mass is 79.9. The summed E-state index contributed by atoms with van der Waals surface area (Å²) < 4.78 is 14.0. The van der Waals surface area contributed by atoms with Crippen LogP contribution in [0.2, 0.25) is 0 Å². The van der Waals surface area contributed by atoms with Crippen LogP contribution in [0.5, 0.6) is 0 Å². The van der Waals surface area contributed by atoms with Crippen LogP contribution < -0.4 is 0 Å². The maximum absolute atomic E-state index is 5.44. The molecule has 3 rings (SSSR count). The van der Waals surface area contributed by atoms with Crippen molar-refractivity contribution in [2.75, 3.05) is 20.3 Å². The maximum Gasteiger partial charge on any atom is 0.124 e. The minimum Gasteiger partial charge on any atom is -0.381 e. The van der Waals surface area contributed by atoms with Gasteiger partial charge in [0.05, 0.1) is 11.0 Å². The molecule has 1 aliphatic rings. The normalized spacial score (nSPS) is 17.2. The fraction of sp³-hybridized carbons (Fsp3) is 0.500. The monoisotopic (exact) mass is 324 g/mol. The summed E-state index contributed by atoms with van der Waals surface area (Å²) in [6.07, 6.45) is 2.07. The van der Waals surface area contributed by atoms with Gasteiger partial charge in [0.1, 0.15) is 12.6 Å². The number of hydrogen-bond acceptors (Lipinski definition) is 3. The summed E-state index contributed by atoms with van der Waals surface area (Å²) in [6.45, 7) is 2.19. The third-order valence-electron chi connectivity index (χ3n) is 3.58. The molecular weight excluding hydrogens is 308 g/mol.